The number of allylic oxidation sites excluding steroid dienone is 5. The molecule has 1 aromatic rings. The molecule has 5 unspecified atom stereocenters. The number of carbonyl (C=O) groups is 1. The maximum atomic E-state index is 12.7. The van der Waals surface area contributed by atoms with Gasteiger partial charge in [0, 0.05) is 73.5 Å². The van der Waals surface area contributed by atoms with Crippen molar-refractivity contribution >= 4 is 17.8 Å². The second-order valence-corrected chi connectivity index (χ2v) is 18.4. The minimum atomic E-state index is -0.449. The van der Waals surface area contributed by atoms with Gasteiger partial charge in [-0.15, -0.1) is 0 Å². The number of nitrogens with one attached hydrogen (secondary N) is 1. The number of amides is 1. The Labute approximate surface area is 325 Å². The Bertz CT molecular complexity index is 1810. The highest BCUT2D eigenvalue weighted by Gasteiger charge is 2.58. The molecular weight excluding hydrogens is 671 g/mol. The lowest BCUT2D eigenvalue weighted by atomic mass is 9.89. The maximum absolute atomic E-state index is 12.7. The number of hydrogen-bond acceptors (Lipinski definition) is 7. The molecule has 0 bridgehead atoms. The van der Waals surface area contributed by atoms with Gasteiger partial charge in [0.2, 0.25) is 0 Å². The number of hydrogen-bond donors (Lipinski definition) is 1. The molecule has 5 atom stereocenters. The zero-order chi connectivity index (χ0) is 39.1. The van der Waals surface area contributed by atoms with Crippen LogP contribution >= 0.6 is 0 Å². The van der Waals surface area contributed by atoms with Crippen molar-refractivity contribution in [3.63, 3.8) is 0 Å². The number of carbonyl (C=O) groups excluding carboxylic acids is 1. The summed E-state index contributed by atoms with van der Waals surface area (Å²) in [5.41, 5.74) is 4.96. The molecule has 3 heterocycles. The van der Waals surface area contributed by atoms with Crippen LogP contribution in [0.5, 0.6) is 5.75 Å². The topological polar surface area (TPSA) is 72.9 Å². The van der Waals surface area contributed by atoms with Gasteiger partial charge in [0.1, 0.15) is 17.0 Å². The summed E-state index contributed by atoms with van der Waals surface area (Å²) in [5.74, 6) is 6.79. The summed E-state index contributed by atoms with van der Waals surface area (Å²) >= 11 is 0. The fourth-order valence-corrected chi connectivity index (χ4v) is 8.33. The van der Waals surface area contributed by atoms with Gasteiger partial charge in [0.15, 0.2) is 0 Å². The molecule has 291 valence electrons. The van der Waals surface area contributed by atoms with Gasteiger partial charge in [-0.05, 0) is 120 Å². The average molecular weight is 735 g/mol. The number of likely N-dealkylation sites (N-methyl/N-ethyl adjacent to an activating group) is 2. The molecule has 8 heteroatoms. The molecule has 1 radical (unpaired) electrons. The van der Waals surface area contributed by atoms with E-state index in [1.165, 1.54) is 23.1 Å². The molecule has 0 spiro atoms. The van der Waals surface area contributed by atoms with Crippen LogP contribution in [0.15, 0.2) is 64.7 Å². The van der Waals surface area contributed by atoms with Crippen molar-refractivity contribution in [2.45, 2.75) is 110 Å². The number of rotatable bonds is 12. The van der Waals surface area contributed by atoms with E-state index in [0.29, 0.717) is 12.6 Å². The molecule has 1 saturated carbocycles. The van der Waals surface area contributed by atoms with E-state index in [1.54, 1.807) is 12.0 Å². The van der Waals surface area contributed by atoms with Gasteiger partial charge in [-0.1, -0.05) is 57.1 Å². The minimum absolute atomic E-state index is 0.124. The summed E-state index contributed by atoms with van der Waals surface area (Å²) in [7, 11) is 5.77. The molecule has 6 rings (SSSR count). The molecule has 0 aromatic heterocycles. The van der Waals surface area contributed by atoms with Crippen molar-refractivity contribution in [2.75, 3.05) is 52.8 Å². The largest absolute Gasteiger partial charge is 0.496 e. The molecule has 3 fully saturated rings. The van der Waals surface area contributed by atoms with Gasteiger partial charge in [0.25, 0.3) is 5.91 Å². The zero-order valence-electron chi connectivity index (χ0n) is 34.6. The summed E-state index contributed by atoms with van der Waals surface area (Å²) < 4.78 is 12.2. The fraction of sp³-hybridized carbons (Fsp3) is 0.587. The predicted molar refractivity (Wildman–Crippen MR) is 222 cm³/mol. The minimum Gasteiger partial charge on any atom is -0.496 e. The highest BCUT2D eigenvalue weighted by Crippen LogP contribution is 2.55. The van der Waals surface area contributed by atoms with Crippen LogP contribution in [0.2, 0.25) is 0 Å². The number of benzene rings is 1. The summed E-state index contributed by atoms with van der Waals surface area (Å²) in [5, 5.41) is 3.91. The zero-order valence-corrected chi connectivity index (χ0v) is 34.6. The molecule has 2 aliphatic carbocycles. The molecule has 3 aliphatic heterocycles. The highest BCUT2D eigenvalue weighted by atomic mass is 16.6. The second-order valence-electron chi connectivity index (χ2n) is 18.4. The van der Waals surface area contributed by atoms with Crippen molar-refractivity contribution in [1.82, 2.24) is 14.7 Å². The predicted octanol–water partition coefficient (Wildman–Crippen LogP) is 7.77. The Morgan fingerprint density at radius 1 is 1.22 bits per heavy atom. The number of epoxide rings is 1. The Morgan fingerprint density at radius 2 is 1.98 bits per heavy atom. The number of anilines is 1. The Morgan fingerprint density at radius 3 is 2.67 bits per heavy atom. The first-order valence-electron chi connectivity index (χ1n) is 19.9. The lowest BCUT2D eigenvalue weighted by Crippen LogP contribution is -2.46. The summed E-state index contributed by atoms with van der Waals surface area (Å²) in [6.07, 6.45) is 21.1. The van der Waals surface area contributed by atoms with Crippen LogP contribution in [0.1, 0.15) is 84.8 Å². The van der Waals surface area contributed by atoms with Gasteiger partial charge in [0.05, 0.1) is 13.7 Å². The number of ether oxygens (including phenoxy) is 2. The first kappa shape index (κ1) is 40.0. The van der Waals surface area contributed by atoms with E-state index in [0.717, 1.165) is 68.9 Å². The summed E-state index contributed by atoms with van der Waals surface area (Å²) in [6, 6.07) is 4.86. The smallest absolute Gasteiger partial charge is 0.298 e. The van der Waals surface area contributed by atoms with Crippen molar-refractivity contribution in [3.8, 4) is 17.6 Å². The highest BCUT2D eigenvalue weighted by molar-refractivity contribution is 5.93. The van der Waals surface area contributed by atoms with E-state index in [1.807, 2.05) is 27.1 Å². The molecule has 8 nitrogen and oxygen atoms in total. The van der Waals surface area contributed by atoms with Gasteiger partial charge >= 0.3 is 0 Å². The molecule has 5 aliphatic rings. The number of nitrogens with zero attached hydrogens (tertiary/aromatic N) is 4. The van der Waals surface area contributed by atoms with Crippen molar-refractivity contribution in [2.24, 2.45) is 21.7 Å². The first-order chi connectivity index (χ1) is 25.4. The number of likely N-dealkylation sites (tertiary alicyclic amines) is 1. The van der Waals surface area contributed by atoms with Crippen LogP contribution < -0.4 is 10.1 Å². The van der Waals surface area contributed by atoms with Crippen LogP contribution in [0, 0.1) is 42.4 Å². The van der Waals surface area contributed by atoms with E-state index in [-0.39, 0.29) is 34.0 Å². The van der Waals surface area contributed by atoms with Gasteiger partial charge < -0.3 is 19.7 Å². The quantitative estimate of drug-likeness (QED) is 0.135. The first-order valence-corrected chi connectivity index (χ1v) is 19.9. The molecule has 2 saturated heterocycles. The van der Waals surface area contributed by atoms with Gasteiger partial charge in [-0.2, -0.15) is 0 Å². The van der Waals surface area contributed by atoms with Crippen molar-refractivity contribution in [1.29, 1.82) is 0 Å². The number of aliphatic imine (C=N–C) groups is 1. The van der Waals surface area contributed by atoms with E-state index < -0.39 is 5.41 Å². The third-order valence-electron chi connectivity index (χ3n) is 11.8. The lowest BCUT2D eigenvalue weighted by Gasteiger charge is -2.37. The fourth-order valence-electron chi connectivity index (χ4n) is 8.33. The van der Waals surface area contributed by atoms with E-state index in [2.05, 4.69) is 124 Å². The maximum Gasteiger partial charge on any atom is 0.298 e. The van der Waals surface area contributed by atoms with Crippen LogP contribution in [0.4, 0.5) is 5.69 Å². The summed E-state index contributed by atoms with van der Waals surface area (Å²) in [6.45, 7) is 23.0. The number of dihydropyridines is 1. The van der Waals surface area contributed by atoms with E-state index in [4.69, 9.17) is 14.5 Å². The second kappa shape index (κ2) is 15.1. The normalized spacial score (nSPS) is 29.3. The molecule has 1 amide bonds. The van der Waals surface area contributed by atoms with Gasteiger partial charge in [-0.25, -0.2) is 0 Å². The van der Waals surface area contributed by atoms with Crippen LogP contribution in [0.25, 0.3) is 0 Å². The Balaban J connectivity index is 1.15. The van der Waals surface area contributed by atoms with Crippen LogP contribution in [0.3, 0.4) is 0 Å². The van der Waals surface area contributed by atoms with Crippen molar-refractivity contribution in [3.05, 3.63) is 77.8 Å². The van der Waals surface area contributed by atoms with E-state index >= 15 is 0 Å². The number of fused-ring (bicyclic) bond motifs is 1. The SMILES string of the molecule is [CH2]C(C)(C)C#CC(=O)N(C)CCN(C)C1(C)C=C(C2=CC=NC3(Nc4cc(C)c(OC)c(CN5CCCC5C5(/C=C\C(C)(C)C)CO5)c4)CC23)C=CCC1. The van der Waals surface area contributed by atoms with Gasteiger partial charge in [-0.3, -0.25) is 19.6 Å². The average Bonchev–Trinajstić information content (AvgIpc) is 4.00. The monoisotopic (exact) mass is 735 g/mol. The molecule has 54 heavy (non-hydrogen) atoms. The van der Waals surface area contributed by atoms with Crippen LogP contribution in [-0.4, -0.2) is 97.1 Å². The molecular formula is C46H64N5O3. The molecule has 1 aromatic carbocycles. The number of aryl methyl sites for hydroxylation is 1. The van der Waals surface area contributed by atoms with Crippen molar-refractivity contribution < 1.29 is 14.3 Å². The number of methoxy groups -OCH3 is 1. The van der Waals surface area contributed by atoms with Crippen LogP contribution in [-0.2, 0) is 16.1 Å². The Kier molecular flexibility index (Phi) is 11.2. The van der Waals surface area contributed by atoms with E-state index in [9.17, 15) is 4.79 Å². The lowest BCUT2D eigenvalue weighted by molar-refractivity contribution is -0.124. The Hall–Kier alpha value is -3.64. The standard InChI is InChI=1S/C46H64N5O3/c1-33-27-36(28-35(41(33)53-11)31-51-24-14-16-39(51)45(32-54-45)22-21-43(5,6)7)48-46-30-38(46)37(18-23-47-46)34-15-12-13-19-44(8,29-34)50(10)26-25-49(9)40(52)17-20-42(2,3)4/h12,15,18,21-23,27-29,38-39,48H,2,13-14,16,19,24-26,30-32H2,1,3-11H3/b22-21-. The third kappa shape index (κ3) is 9.07. The summed E-state index contributed by atoms with van der Waals surface area (Å²) in [4.78, 5) is 24.4. The molecule has 1 N–H and O–H groups in total. The third-order valence-corrected chi connectivity index (χ3v) is 11.8.